The maximum absolute atomic E-state index is 12.9. The lowest BCUT2D eigenvalue weighted by Gasteiger charge is -2.37. The predicted molar refractivity (Wildman–Crippen MR) is 110 cm³/mol. The SMILES string of the molecule is C#CCN1CCC(CS(=O)(=O)c2ccc(Oc3ccccc3)cc2)(C(=O)O)CC1. The van der Waals surface area contributed by atoms with E-state index in [2.05, 4.69) is 5.92 Å². The summed E-state index contributed by atoms with van der Waals surface area (Å²) in [6.45, 7) is 1.37. The van der Waals surface area contributed by atoms with Crippen LogP contribution in [0.3, 0.4) is 0 Å². The summed E-state index contributed by atoms with van der Waals surface area (Å²) in [5.74, 6) is 2.18. The Hall–Kier alpha value is -2.82. The average molecular weight is 413 g/mol. The van der Waals surface area contributed by atoms with Crippen molar-refractivity contribution < 1.29 is 23.1 Å². The van der Waals surface area contributed by atoms with Crippen LogP contribution in [0.25, 0.3) is 0 Å². The number of carbonyl (C=O) groups is 1. The van der Waals surface area contributed by atoms with E-state index in [1.165, 1.54) is 12.1 Å². The van der Waals surface area contributed by atoms with E-state index in [9.17, 15) is 18.3 Å². The molecule has 0 aliphatic carbocycles. The summed E-state index contributed by atoms with van der Waals surface area (Å²) in [5.41, 5.74) is -1.30. The zero-order valence-corrected chi connectivity index (χ0v) is 16.8. The van der Waals surface area contributed by atoms with Gasteiger partial charge in [0.15, 0.2) is 9.84 Å². The molecule has 7 heteroatoms. The molecule has 0 unspecified atom stereocenters. The van der Waals surface area contributed by atoms with Crippen molar-refractivity contribution in [3.05, 3.63) is 54.6 Å². The summed E-state index contributed by atoms with van der Waals surface area (Å²) in [4.78, 5) is 14.0. The van der Waals surface area contributed by atoms with Gasteiger partial charge in [-0.2, -0.15) is 0 Å². The average Bonchev–Trinajstić information content (AvgIpc) is 2.71. The second kappa shape index (κ2) is 8.68. The Labute approximate surface area is 171 Å². The van der Waals surface area contributed by atoms with Gasteiger partial charge in [-0.25, -0.2) is 8.42 Å². The molecule has 0 radical (unpaired) electrons. The Balaban J connectivity index is 1.74. The molecule has 6 nitrogen and oxygen atoms in total. The first-order valence-corrected chi connectivity index (χ1v) is 10.9. The molecule has 1 saturated heterocycles. The molecule has 0 spiro atoms. The second-order valence-corrected chi connectivity index (χ2v) is 9.20. The maximum Gasteiger partial charge on any atom is 0.310 e. The molecule has 0 atom stereocenters. The van der Waals surface area contributed by atoms with E-state index in [0.717, 1.165) is 0 Å². The van der Waals surface area contributed by atoms with Gasteiger partial charge in [0.05, 0.1) is 22.6 Å². The van der Waals surface area contributed by atoms with Gasteiger partial charge in [-0.1, -0.05) is 24.1 Å². The number of piperidine rings is 1. The monoisotopic (exact) mass is 413 g/mol. The molecular weight excluding hydrogens is 390 g/mol. The number of benzene rings is 2. The first-order chi connectivity index (χ1) is 13.8. The number of sulfone groups is 1. The molecule has 1 aliphatic rings. The summed E-state index contributed by atoms with van der Waals surface area (Å²) in [5, 5.41) is 9.78. The lowest BCUT2D eigenvalue weighted by Crippen LogP contribution is -2.48. The van der Waals surface area contributed by atoms with Crippen molar-refractivity contribution in [2.45, 2.75) is 17.7 Å². The number of aliphatic carboxylic acids is 1. The smallest absolute Gasteiger partial charge is 0.310 e. The van der Waals surface area contributed by atoms with Crippen molar-refractivity contribution in [2.24, 2.45) is 5.41 Å². The number of rotatable bonds is 7. The highest BCUT2D eigenvalue weighted by Gasteiger charge is 2.45. The lowest BCUT2D eigenvalue weighted by molar-refractivity contribution is -0.150. The largest absolute Gasteiger partial charge is 0.481 e. The highest BCUT2D eigenvalue weighted by molar-refractivity contribution is 7.91. The molecule has 1 heterocycles. The molecule has 1 aliphatic heterocycles. The summed E-state index contributed by atoms with van der Waals surface area (Å²) >= 11 is 0. The van der Waals surface area contributed by atoms with E-state index >= 15 is 0 Å². The number of hydrogen-bond acceptors (Lipinski definition) is 5. The Bertz CT molecular complexity index is 986. The molecule has 0 aromatic heterocycles. The van der Waals surface area contributed by atoms with Gasteiger partial charge in [0.1, 0.15) is 11.5 Å². The minimum Gasteiger partial charge on any atom is -0.481 e. The Morgan fingerprint density at radius 3 is 2.21 bits per heavy atom. The topological polar surface area (TPSA) is 83.9 Å². The number of para-hydroxylation sites is 1. The fourth-order valence-corrected chi connectivity index (χ4v) is 5.33. The van der Waals surface area contributed by atoms with E-state index < -0.39 is 27.0 Å². The fourth-order valence-electron chi connectivity index (χ4n) is 3.47. The maximum atomic E-state index is 12.9. The summed E-state index contributed by atoms with van der Waals surface area (Å²) in [7, 11) is -3.78. The zero-order chi connectivity index (χ0) is 20.9. The third-order valence-corrected chi connectivity index (χ3v) is 7.13. The first kappa shape index (κ1) is 20.9. The van der Waals surface area contributed by atoms with Gasteiger partial charge in [-0.3, -0.25) is 9.69 Å². The molecule has 29 heavy (non-hydrogen) atoms. The van der Waals surface area contributed by atoms with Crippen LogP contribution in [0.1, 0.15) is 12.8 Å². The van der Waals surface area contributed by atoms with Crippen LogP contribution >= 0.6 is 0 Å². The number of likely N-dealkylation sites (tertiary alicyclic amines) is 1. The van der Waals surface area contributed by atoms with Crippen LogP contribution in [-0.2, 0) is 14.6 Å². The van der Waals surface area contributed by atoms with E-state index in [4.69, 9.17) is 11.2 Å². The Morgan fingerprint density at radius 1 is 1.07 bits per heavy atom. The van der Waals surface area contributed by atoms with Crippen molar-refractivity contribution >= 4 is 15.8 Å². The van der Waals surface area contributed by atoms with Gasteiger partial charge >= 0.3 is 5.97 Å². The second-order valence-electron chi connectivity index (χ2n) is 7.21. The number of ether oxygens (including phenoxy) is 1. The Morgan fingerprint density at radius 2 is 1.66 bits per heavy atom. The van der Waals surface area contributed by atoms with Crippen LogP contribution < -0.4 is 4.74 Å². The third-order valence-electron chi connectivity index (χ3n) is 5.21. The lowest BCUT2D eigenvalue weighted by atomic mass is 9.80. The van der Waals surface area contributed by atoms with E-state index in [-0.39, 0.29) is 17.7 Å². The van der Waals surface area contributed by atoms with Crippen LogP contribution in [0.4, 0.5) is 0 Å². The molecule has 3 rings (SSSR count). The molecular formula is C22H23NO5S. The number of terminal acetylenes is 1. The summed E-state index contributed by atoms with van der Waals surface area (Å²) in [6, 6.07) is 15.2. The van der Waals surface area contributed by atoms with Gasteiger partial charge in [0.25, 0.3) is 0 Å². The van der Waals surface area contributed by atoms with Gasteiger partial charge in [-0.15, -0.1) is 6.42 Å². The van der Waals surface area contributed by atoms with Gasteiger partial charge < -0.3 is 9.84 Å². The van der Waals surface area contributed by atoms with Crippen LogP contribution in [0.2, 0.25) is 0 Å². The van der Waals surface area contributed by atoms with Crippen molar-refractivity contribution in [2.75, 3.05) is 25.4 Å². The number of hydrogen-bond donors (Lipinski definition) is 1. The molecule has 1 N–H and O–H groups in total. The van der Waals surface area contributed by atoms with Crippen LogP contribution in [0.5, 0.6) is 11.5 Å². The molecule has 0 amide bonds. The van der Waals surface area contributed by atoms with E-state index in [0.29, 0.717) is 31.1 Å². The number of nitrogens with zero attached hydrogens (tertiary/aromatic N) is 1. The highest BCUT2D eigenvalue weighted by atomic mass is 32.2. The van der Waals surface area contributed by atoms with Gasteiger partial charge in [0.2, 0.25) is 0 Å². The highest BCUT2D eigenvalue weighted by Crippen LogP contribution is 2.35. The summed E-state index contributed by atoms with van der Waals surface area (Å²) in [6.07, 6.45) is 5.81. The molecule has 2 aromatic carbocycles. The molecule has 2 aromatic rings. The van der Waals surface area contributed by atoms with Crippen molar-refractivity contribution in [3.63, 3.8) is 0 Å². The van der Waals surface area contributed by atoms with Crippen molar-refractivity contribution in [3.8, 4) is 23.8 Å². The fraction of sp³-hybridized carbons (Fsp3) is 0.318. The third kappa shape index (κ3) is 4.97. The standard InChI is InChI=1S/C22H23NO5S/c1-2-14-23-15-12-22(13-16-23,21(24)25)17-29(26,27)20-10-8-19(9-11-20)28-18-6-4-3-5-7-18/h1,3-11H,12-17H2,(H,24,25). The Kier molecular flexibility index (Phi) is 6.26. The quantitative estimate of drug-likeness (QED) is 0.703. The van der Waals surface area contributed by atoms with Crippen LogP contribution in [-0.4, -0.2) is 49.8 Å². The van der Waals surface area contributed by atoms with E-state index in [1.54, 1.807) is 24.3 Å². The van der Waals surface area contributed by atoms with E-state index in [1.807, 2.05) is 23.1 Å². The molecule has 152 valence electrons. The van der Waals surface area contributed by atoms with Crippen LogP contribution in [0, 0.1) is 17.8 Å². The molecule has 1 fully saturated rings. The molecule has 0 bridgehead atoms. The summed E-state index contributed by atoms with van der Waals surface area (Å²) < 4.78 is 31.6. The van der Waals surface area contributed by atoms with Crippen molar-refractivity contribution in [1.82, 2.24) is 4.90 Å². The zero-order valence-electron chi connectivity index (χ0n) is 16.0. The molecule has 0 saturated carbocycles. The number of carboxylic acid groups (broad SMARTS) is 1. The van der Waals surface area contributed by atoms with Gasteiger partial charge in [0, 0.05) is 13.1 Å². The normalized spacial score (nSPS) is 16.7. The first-order valence-electron chi connectivity index (χ1n) is 9.30. The number of carboxylic acids is 1. The predicted octanol–water partition coefficient (Wildman–Crippen LogP) is 3.05. The van der Waals surface area contributed by atoms with Crippen LogP contribution in [0.15, 0.2) is 59.5 Å². The minimum atomic E-state index is -3.78. The van der Waals surface area contributed by atoms with Crippen molar-refractivity contribution in [1.29, 1.82) is 0 Å². The minimum absolute atomic E-state index is 0.0876. The van der Waals surface area contributed by atoms with Gasteiger partial charge in [-0.05, 0) is 49.2 Å².